The number of aromatic nitrogens is 1. The molecular formula is C29H31N3O4. The van der Waals surface area contributed by atoms with Crippen molar-refractivity contribution in [2.24, 2.45) is 0 Å². The van der Waals surface area contributed by atoms with Gasteiger partial charge in [-0.15, -0.1) is 0 Å². The average molecular weight is 486 g/mol. The summed E-state index contributed by atoms with van der Waals surface area (Å²) in [7, 11) is 3.34. The second kappa shape index (κ2) is 11.2. The number of hydrogen-bond acceptors (Lipinski definition) is 7. The van der Waals surface area contributed by atoms with Crippen LogP contribution in [0, 0.1) is 0 Å². The monoisotopic (exact) mass is 485 g/mol. The van der Waals surface area contributed by atoms with Crippen LogP contribution in [0.15, 0.2) is 66.9 Å². The fraction of sp³-hybridized carbons (Fsp3) is 0.276. The number of pyridine rings is 1. The summed E-state index contributed by atoms with van der Waals surface area (Å²) in [6.07, 6.45) is 3.63. The fourth-order valence-corrected chi connectivity index (χ4v) is 4.45. The summed E-state index contributed by atoms with van der Waals surface area (Å²) < 4.78 is 21.8. The van der Waals surface area contributed by atoms with E-state index in [2.05, 4.69) is 39.9 Å². The Morgan fingerprint density at radius 3 is 2.58 bits per heavy atom. The summed E-state index contributed by atoms with van der Waals surface area (Å²) in [4.78, 5) is 4.61. The number of anilines is 1. The van der Waals surface area contributed by atoms with Gasteiger partial charge in [0.1, 0.15) is 11.5 Å². The van der Waals surface area contributed by atoms with Crippen LogP contribution < -0.4 is 29.6 Å². The number of nitrogens with zero attached hydrogens (tertiary/aromatic N) is 1. The van der Waals surface area contributed by atoms with Crippen LogP contribution in [0.5, 0.6) is 23.0 Å². The van der Waals surface area contributed by atoms with Gasteiger partial charge in [0, 0.05) is 42.0 Å². The molecule has 0 atom stereocenters. The SMILES string of the molecule is COc1cc(Cc2ccc3c(NCCCNCc4cccc5c4OCO5)ccnc3c2)cc(OC)c1. The molecule has 0 radical (unpaired) electrons. The molecule has 0 bridgehead atoms. The molecule has 1 aromatic heterocycles. The molecule has 7 heteroatoms. The third-order valence-corrected chi connectivity index (χ3v) is 6.27. The zero-order valence-electron chi connectivity index (χ0n) is 20.7. The Labute approximate surface area is 211 Å². The molecule has 0 amide bonds. The van der Waals surface area contributed by atoms with Gasteiger partial charge in [-0.05, 0) is 60.8 Å². The van der Waals surface area contributed by atoms with Crippen molar-refractivity contribution in [3.05, 3.63) is 83.6 Å². The second-order valence-corrected chi connectivity index (χ2v) is 8.72. The number of hydrogen-bond donors (Lipinski definition) is 2. The Balaban J connectivity index is 1.16. The van der Waals surface area contributed by atoms with Crippen molar-refractivity contribution in [1.82, 2.24) is 10.3 Å². The highest BCUT2D eigenvalue weighted by molar-refractivity contribution is 5.91. The minimum atomic E-state index is 0.299. The van der Waals surface area contributed by atoms with Crippen molar-refractivity contribution >= 4 is 16.6 Å². The molecule has 36 heavy (non-hydrogen) atoms. The Hall–Kier alpha value is -3.97. The van der Waals surface area contributed by atoms with E-state index in [1.54, 1.807) is 14.2 Å². The van der Waals surface area contributed by atoms with E-state index in [1.165, 1.54) is 5.56 Å². The average Bonchev–Trinajstić information content (AvgIpc) is 3.40. The predicted octanol–water partition coefficient (Wildman–Crippen LogP) is 5.16. The molecule has 2 heterocycles. The van der Waals surface area contributed by atoms with Crippen LogP contribution in [0.25, 0.3) is 10.9 Å². The molecule has 1 aliphatic heterocycles. The number of fused-ring (bicyclic) bond motifs is 2. The van der Waals surface area contributed by atoms with Crippen molar-refractivity contribution in [2.45, 2.75) is 19.4 Å². The number of para-hydroxylation sites is 1. The third kappa shape index (κ3) is 5.47. The summed E-state index contributed by atoms with van der Waals surface area (Å²) in [5.74, 6) is 3.27. The van der Waals surface area contributed by atoms with Gasteiger partial charge in [0.05, 0.1) is 19.7 Å². The van der Waals surface area contributed by atoms with E-state index in [-0.39, 0.29) is 0 Å². The molecular weight excluding hydrogens is 454 g/mol. The minimum absolute atomic E-state index is 0.299. The van der Waals surface area contributed by atoms with E-state index in [9.17, 15) is 0 Å². The quantitative estimate of drug-likeness (QED) is 0.284. The summed E-state index contributed by atoms with van der Waals surface area (Å²) in [6, 6.07) is 20.5. The van der Waals surface area contributed by atoms with Crippen LogP contribution in [-0.4, -0.2) is 39.1 Å². The Kier molecular flexibility index (Phi) is 7.38. The van der Waals surface area contributed by atoms with Crippen LogP contribution in [0.4, 0.5) is 5.69 Å². The van der Waals surface area contributed by atoms with Gasteiger partial charge in [-0.2, -0.15) is 0 Å². The van der Waals surface area contributed by atoms with Crippen LogP contribution in [-0.2, 0) is 13.0 Å². The lowest BCUT2D eigenvalue weighted by Gasteiger charge is -2.12. The number of ether oxygens (including phenoxy) is 4. The largest absolute Gasteiger partial charge is 0.497 e. The van der Waals surface area contributed by atoms with Gasteiger partial charge in [-0.25, -0.2) is 0 Å². The second-order valence-electron chi connectivity index (χ2n) is 8.72. The summed E-state index contributed by atoms with van der Waals surface area (Å²) >= 11 is 0. The van der Waals surface area contributed by atoms with E-state index in [0.717, 1.165) is 83.2 Å². The van der Waals surface area contributed by atoms with Gasteiger partial charge in [-0.3, -0.25) is 4.98 Å². The lowest BCUT2D eigenvalue weighted by molar-refractivity contribution is 0.173. The molecule has 0 fully saturated rings. The highest BCUT2D eigenvalue weighted by Crippen LogP contribution is 2.35. The first-order chi connectivity index (χ1) is 17.7. The smallest absolute Gasteiger partial charge is 0.231 e. The maximum Gasteiger partial charge on any atom is 0.231 e. The Morgan fingerprint density at radius 1 is 0.889 bits per heavy atom. The van der Waals surface area contributed by atoms with Crippen LogP contribution >= 0.6 is 0 Å². The van der Waals surface area contributed by atoms with Crippen molar-refractivity contribution in [3.8, 4) is 23.0 Å². The zero-order valence-corrected chi connectivity index (χ0v) is 20.7. The van der Waals surface area contributed by atoms with Crippen molar-refractivity contribution < 1.29 is 18.9 Å². The standard InChI is InChI=1S/C29H31N3O4/c1-33-23-14-21(15-24(17-23)34-2)13-20-7-8-25-26(9-12-32-27(25)16-20)31-11-4-10-30-18-22-5-3-6-28-29(22)36-19-35-28/h3,5-9,12,14-17,30H,4,10-11,13,18-19H2,1-2H3,(H,31,32). The summed E-state index contributed by atoms with van der Waals surface area (Å²) in [5, 5.41) is 8.19. The first-order valence-electron chi connectivity index (χ1n) is 12.1. The van der Waals surface area contributed by atoms with E-state index in [4.69, 9.17) is 18.9 Å². The van der Waals surface area contributed by atoms with Crippen LogP contribution in [0.3, 0.4) is 0 Å². The van der Waals surface area contributed by atoms with Crippen LogP contribution in [0.2, 0.25) is 0 Å². The molecule has 0 saturated heterocycles. The highest BCUT2D eigenvalue weighted by atomic mass is 16.7. The Morgan fingerprint density at radius 2 is 1.75 bits per heavy atom. The number of rotatable bonds is 11. The van der Waals surface area contributed by atoms with Gasteiger partial charge in [0.2, 0.25) is 6.79 Å². The predicted molar refractivity (Wildman–Crippen MR) is 141 cm³/mol. The molecule has 2 N–H and O–H groups in total. The van der Waals surface area contributed by atoms with Crippen LogP contribution in [0.1, 0.15) is 23.1 Å². The molecule has 0 aliphatic carbocycles. The molecule has 186 valence electrons. The summed E-state index contributed by atoms with van der Waals surface area (Å²) in [5.41, 5.74) is 5.52. The molecule has 7 nitrogen and oxygen atoms in total. The van der Waals surface area contributed by atoms with Crippen molar-refractivity contribution in [3.63, 3.8) is 0 Å². The fourth-order valence-electron chi connectivity index (χ4n) is 4.45. The first-order valence-corrected chi connectivity index (χ1v) is 12.1. The first kappa shape index (κ1) is 23.8. The van der Waals surface area contributed by atoms with Crippen molar-refractivity contribution in [1.29, 1.82) is 0 Å². The molecule has 0 unspecified atom stereocenters. The number of nitrogens with one attached hydrogen (secondary N) is 2. The number of benzene rings is 3. The number of methoxy groups -OCH3 is 2. The minimum Gasteiger partial charge on any atom is -0.497 e. The molecule has 0 saturated carbocycles. The third-order valence-electron chi connectivity index (χ3n) is 6.27. The molecule has 3 aromatic carbocycles. The molecule has 0 spiro atoms. The van der Waals surface area contributed by atoms with E-state index < -0.39 is 0 Å². The molecule has 5 rings (SSSR count). The van der Waals surface area contributed by atoms with Gasteiger partial charge in [-0.1, -0.05) is 24.3 Å². The Bertz CT molecular complexity index is 1320. The maximum atomic E-state index is 5.58. The summed E-state index contributed by atoms with van der Waals surface area (Å²) in [6.45, 7) is 2.82. The zero-order chi connectivity index (χ0) is 24.7. The van der Waals surface area contributed by atoms with E-state index in [1.807, 2.05) is 42.6 Å². The topological polar surface area (TPSA) is 73.9 Å². The van der Waals surface area contributed by atoms with E-state index in [0.29, 0.717) is 6.79 Å². The van der Waals surface area contributed by atoms with Gasteiger partial charge in [0.25, 0.3) is 0 Å². The molecule has 1 aliphatic rings. The highest BCUT2D eigenvalue weighted by Gasteiger charge is 2.16. The van der Waals surface area contributed by atoms with Crippen molar-refractivity contribution in [2.75, 3.05) is 39.4 Å². The molecule has 4 aromatic rings. The van der Waals surface area contributed by atoms with E-state index >= 15 is 0 Å². The lowest BCUT2D eigenvalue weighted by atomic mass is 10.0. The van der Waals surface area contributed by atoms with Gasteiger partial charge < -0.3 is 29.6 Å². The normalized spacial score (nSPS) is 12.1. The lowest BCUT2D eigenvalue weighted by Crippen LogP contribution is -2.18. The maximum absolute atomic E-state index is 5.58. The van der Waals surface area contributed by atoms with Gasteiger partial charge >= 0.3 is 0 Å². The van der Waals surface area contributed by atoms with Gasteiger partial charge in [0.15, 0.2) is 11.5 Å².